The highest BCUT2D eigenvalue weighted by atomic mass is 16.5. The number of ether oxygens (including phenoxy) is 1. The van der Waals surface area contributed by atoms with Crippen LogP contribution in [0.25, 0.3) is 10.9 Å². The molecule has 6 heteroatoms. The number of anilines is 1. The summed E-state index contributed by atoms with van der Waals surface area (Å²) < 4.78 is 5.32. The average Bonchev–Trinajstić information content (AvgIpc) is 3.04. The molecule has 2 heterocycles. The molecule has 0 aliphatic carbocycles. The van der Waals surface area contributed by atoms with Gasteiger partial charge < -0.3 is 19.7 Å². The second kappa shape index (κ2) is 7.56. The smallest absolute Gasteiger partial charge is 0.325 e. The maximum Gasteiger partial charge on any atom is 0.325 e. The van der Waals surface area contributed by atoms with E-state index >= 15 is 0 Å². The molecule has 2 aromatic carbocycles. The van der Waals surface area contributed by atoms with Crippen LogP contribution in [0.15, 0.2) is 48.5 Å². The molecule has 3 aromatic rings. The fraction of sp³-hybridized carbons (Fsp3) is 0.318. The first kappa shape index (κ1) is 18.4. The zero-order valence-electron chi connectivity index (χ0n) is 16.2. The SMILES string of the molecule is COc1cccc(N2CCN([C@H](C(=O)O)c3c(C)[nH]c4ccccc34)CC2)c1. The number of carboxylic acids is 1. The molecule has 0 radical (unpaired) electrons. The molecular weight excluding hydrogens is 354 g/mol. The van der Waals surface area contributed by atoms with E-state index in [-0.39, 0.29) is 0 Å². The molecule has 1 aromatic heterocycles. The predicted octanol–water partition coefficient (Wildman–Crippen LogP) is 3.43. The average molecular weight is 379 g/mol. The maximum atomic E-state index is 12.2. The Kier molecular flexibility index (Phi) is 4.96. The van der Waals surface area contributed by atoms with Crippen LogP contribution in [-0.2, 0) is 4.79 Å². The number of carbonyl (C=O) groups is 1. The van der Waals surface area contributed by atoms with Gasteiger partial charge in [-0.1, -0.05) is 24.3 Å². The summed E-state index contributed by atoms with van der Waals surface area (Å²) >= 11 is 0. The number of benzene rings is 2. The Labute approximate surface area is 164 Å². The summed E-state index contributed by atoms with van der Waals surface area (Å²) in [6.07, 6.45) is 0. The first-order valence-corrected chi connectivity index (χ1v) is 9.51. The molecule has 1 aliphatic heterocycles. The molecule has 6 nitrogen and oxygen atoms in total. The van der Waals surface area contributed by atoms with Gasteiger partial charge in [-0.3, -0.25) is 9.69 Å². The summed E-state index contributed by atoms with van der Waals surface area (Å²) in [7, 11) is 1.66. The minimum Gasteiger partial charge on any atom is -0.497 e. The van der Waals surface area contributed by atoms with Crippen LogP contribution in [-0.4, -0.2) is 54.2 Å². The number of piperazine rings is 1. The second-order valence-corrected chi connectivity index (χ2v) is 7.17. The number of hydrogen-bond acceptors (Lipinski definition) is 4. The van der Waals surface area contributed by atoms with Crippen LogP contribution >= 0.6 is 0 Å². The molecule has 1 aliphatic rings. The topological polar surface area (TPSA) is 68.8 Å². The van der Waals surface area contributed by atoms with Gasteiger partial charge >= 0.3 is 5.97 Å². The van der Waals surface area contributed by atoms with E-state index in [0.717, 1.165) is 46.7 Å². The molecule has 2 N–H and O–H groups in total. The molecule has 28 heavy (non-hydrogen) atoms. The number of aliphatic carboxylic acids is 1. The predicted molar refractivity (Wildman–Crippen MR) is 110 cm³/mol. The summed E-state index contributed by atoms with van der Waals surface area (Å²) in [5.74, 6) is 0.0282. The number of nitrogens with zero attached hydrogens (tertiary/aromatic N) is 2. The Morgan fingerprint density at radius 3 is 2.57 bits per heavy atom. The van der Waals surface area contributed by atoms with Gasteiger partial charge in [0.05, 0.1) is 7.11 Å². The molecule has 4 rings (SSSR count). The number of para-hydroxylation sites is 1. The zero-order valence-corrected chi connectivity index (χ0v) is 16.2. The van der Waals surface area contributed by atoms with Crippen molar-refractivity contribution in [3.63, 3.8) is 0 Å². The number of nitrogens with one attached hydrogen (secondary N) is 1. The standard InChI is InChI=1S/C22H25N3O3/c1-15-20(18-8-3-4-9-19(18)23-15)21(22(26)27)25-12-10-24(11-13-25)16-6-5-7-17(14-16)28-2/h3-9,14,21,23H,10-13H2,1-2H3,(H,26,27)/t21-/m0/s1. The monoisotopic (exact) mass is 379 g/mol. The van der Waals surface area contributed by atoms with Crippen molar-refractivity contribution < 1.29 is 14.6 Å². The van der Waals surface area contributed by atoms with E-state index in [0.29, 0.717) is 13.1 Å². The van der Waals surface area contributed by atoms with Crippen LogP contribution in [0.4, 0.5) is 5.69 Å². The van der Waals surface area contributed by atoms with Crippen molar-refractivity contribution in [1.82, 2.24) is 9.88 Å². The third kappa shape index (κ3) is 3.31. The molecule has 1 fully saturated rings. The highest BCUT2D eigenvalue weighted by Gasteiger charge is 2.33. The number of fused-ring (bicyclic) bond motifs is 1. The molecule has 0 saturated carbocycles. The Morgan fingerprint density at radius 1 is 1.11 bits per heavy atom. The highest BCUT2D eigenvalue weighted by molar-refractivity contribution is 5.90. The molecule has 1 saturated heterocycles. The van der Waals surface area contributed by atoms with Crippen molar-refractivity contribution in [1.29, 1.82) is 0 Å². The summed E-state index contributed by atoms with van der Waals surface area (Å²) in [5, 5.41) is 11.0. The number of aromatic amines is 1. The van der Waals surface area contributed by atoms with E-state index < -0.39 is 12.0 Å². The first-order valence-electron chi connectivity index (χ1n) is 9.51. The van der Waals surface area contributed by atoms with E-state index in [2.05, 4.69) is 20.9 Å². The van der Waals surface area contributed by atoms with Crippen LogP contribution in [0.3, 0.4) is 0 Å². The third-order valence-electron chi connectivity index (χ3n) is 5.55. The molecule has 0 spiro atoms. The quantitative estimate of drug-likeness (QED) is 0.711. The van der Waals surface area contributed by atoms with Crippen molar-refractivity contribution in [3.8, 4) is 5.75 Å². The second-order valence-electron chi connectivity index (χ2n) is 7.17. The third-order valence-corrected chi connectivity index (χ3v) is 5.55. The van der Waals surface area contributed by atoms with Gasteiger partial charge in [-0.05, 0) is 25.1 Å². The summed E-state index contributed by atoms with van der Waals surface area (Å²) in [4.78, 5) is 19.9. The van der Waals surface area contributed by atoms with Crippen molar-refractivity contribution in [2.24, 2.45) is 0 Å². The number of H-pyrrole nitrogens is 1. The summed E-state index contributed by atoms with van der Waals surface area (Å²) in [5.41, 5.74) is 3.88. The lowest BCUT2D eigenvalue weighted by molar-refractivity contribution is -0.143. The summed E-state index contributed by atoms with van der Waals surface area (Å²) in [6, 6.07) is 15.3. The van der Waals surface area contributed by atoms with E-state index in [1.54, 1.807) is 7.11 Å². The first-order chi connectivity index (χ1) is 13.6. The Balaban J connectivity index is 1.57. The number of carboxylic acid groups (broad SMARTS) is 1. The van der Waals surface area contributed by atoms with Crippen LogP contribution < -0.4 is 9.64 Å². The number of aryl methyl sites for hydroxylation is 1. The van der Waals surface area contributed by atoms with Crippen molar-refractivity contribution >= 4 is 22.6 Å². The number of aromatic nitrogens is 1. The van der Waals surface area contributed by atoms with Crippen LogP contribution in [0.5, 0.6) is 5.75 Å². The highest BCUT2D eigenvalue weighted by Crippen LogP contribution is 2.33. The van der Waals surface area contributed by atoms with Gasteiger partial charge in [0.25, 0.3) is 0 Å². The minimum atomic E-state index is -0.803. The minimum absolute atomic E-state index is 0.649. The Hall–Kier alpha value is -2.99. The molecular formula is C22H25N3O3. The van der Waals surface area contributed by atoms with Crippen molar-refractivity contribution in [2.45, 2.75) is 13.0 Å². The van der Waals surface area contributed by atoms with E-state index in [9.17, 15) is 9.90 Å². The number of methoxy groups -OCH3 is 1. The van der Waals surface area contributed by atoms with Gasteiger partial charge in [0, 0.05) is 60.1 Å². The molecule has 0 unspecified atom stereocenters. The lowest BCUT2D eigenvalue weighted by Crippen LogP contribution is -2.49. The van der Waals surface area contributed by atoms with Gasteiger partial charge in [-0.15, -0.1) is 0 Å². The maximum absolute atomic E-state index is 12.2. The number of rotatable bonds is 5. The van der Waals surface area contributed by atoms with Crippen molar-refractivity contribution in [3.05, 3.63) is 59.8 Å². The van der Waals surface area contributed by atoms with Gasteiger partial charge in [0.15, 0.2) is 0 Å². The number of hydrogen-bond donors (Lipinski definition) is 2. The molecule has 0 bridgehead atoms. The lowest BCUT2D eigenvalue weighted by Gasteiger charge is -2.39. The fourth-order valence-electron chi connectivity index (χ4n) is 4.16. The Morgan fingerprint density at radius 2 is 1.86 bits per heavy atom. The summed E-state index contributed by atoms with van der Waals surface area (Å²) in [6.45, 7) is 4.88. The largest absolute Gasteiger partial charge is 0.497 e. The molecule has 146 valence electrons. The Bertz CT molecular complexity index is 990. The lowest BCUT2D eigenvalue weighted by atomic mass is 10.0. The van der Waals surface area contributed by atoms with E-state index in [1.807, 2.05) is 49.4 Å². The van der Waals surface area contributed by atoms with Gasteiger partial charge in [0.1, 0.15) is 11.8 Å². The zero-order chi connectivity index (χ0) is 19.7. The normalized spacial score (nSPS) is 16.3. The van der Waals surface area contributed by atoms with Gasteiger partial charge in [-0.2, -0.15) is 0 Å². The molecule has 1 atom stereocenters. The fourth-order valence-corrected chi connectivity index (χ4v) is 4.16. The van der Waals surface area contributed by atoms with E-state index in [1.165, 1.54) is 0 Å². The van der Waals surface area contributed by atoms with Gasteiger partial charge in [0.2, 0.25) is 0 Å². The van der Waals surface area contributed by atoms with Crippen LogP contribution in [0.2, 0.25) is 0 Å². The van der Waals surface area contributed by atoms with Crippen LogP contribution in [0, 0.1) is 6.92 Å². The molecule has 0 amide bonds. The van der Waals surface area contributed by atoms with E-state index in [4.69, 9.17) is 4.74 Å². The van der Waals surface area contributed by atoms with Crippen molar-refractivity contribution in [2.75, 3.05) is 38.2 Å². The van der Waals surface area contributed by atoms with Crippen LogP contribution in [0.1, 0.15) is 17.3 Å². The van der Waals surface area contributed by atoms with Gasteiger partial charge in [-0.25, -0.2) is 0 Å².